The van der Waals surface area contributed by atoms with Crippen LogP contribution < -0.4 is 0 Å². The van der Waals surface area contributed by atoms with Gasteiger partial charge in [0, 0.05) is 5.02 Å². The van der Waals surface area contributed by atoms with E-state index in [-0.39, 0.29) is 5.41 Å². The Hall–Kier alpha value is -1.02. The Morgan fingerprint density at radius 1 is 1.33 bits per heavy atom. The van der Waals surface area contributed by atoms with E-state index in [4.69, 9.17) is 16.4 Å². The Kier molecular flexibility index (Phi) is 6.02. The fourth-order valence-corrected chi connectivity index (χ4v) is 1.15. The highest BCUT2D eigenvalue weighted by atomic mass is 35.5. The van der Waals surface area contributed by atoms with Gasteiger partial charge in [-0.3, -0.25) is 4.79 Å². The molecule has 0 aliphatic carbocycles. The zero-order valence-corrected chi connectivity index (χ0v) is 10.3. The van der Waals surface area contributed by atoms with E-state index >= 15 is 0 Å². The number of halogens is 1. The second-order valence-corrected chi connectivity index (χ2v) is 4.53. The lowest BCUT2D eigenvalue weighted by Gasteiger charge is -2.18. The standard InChI is InChI=1S/C10H13Cl.C2H4O2/c1-10(2,3)8-5-4-6-9(11)7-8;1-4-2-3/h4-7H,1-3H3;2H,1H3. The van der Waals surface area contributed by atoms with Gasteiger partial charge in [-0.1, -0.05) is 44.5 Å². The lowest BCUT2D eigenvalue weighted by Crippen LogP contribution is -2.10. The number of carbonyl (C=O) groups excluding carboxylic acids is 1. The predicted molar refractivity (Wildman–Crippen MR) is 63.2 cm³/mol. The summed E-state index contributed by atoms with van der Waals surface area (Å²) in [6.07, 6.45) is 0. The first-order valence-electron chi connectivity index (χ1n) is 4.64. The van der Waals surface area contributed by atoms with Crippen molar-refractivity contribution in [3.63, 3.8) is 0 Å². The Balaban J connectivity index is 0.000000423. The van der Waals surface area contributed by atoms with Crippen LogP contribution in [-0.2, 0) is 14.9 Å². The van der Waals surface area contributed by atoms with Crippen molar-refractivity contribution in [2.75, 3.05) is 7.11 Å². The van der Waals surface area contributed by atoms with Crippen molar-refractivity contribution in [1.29, 1.82) is 0 Å². The van der Waals surface area contributed by atoms with E-state index in [0.29, 0.717) is 6.47 Å². The van der Waals surface area contributed by atoms with E-state index in [1.165, 1.54) is 12.7 Å². The van der Waals surface area contributed by atoms with Crippen LogP contribution in [0.3, 0.4) is 0 Å². The molecule has 0 radical (unpaired) electrons. The molecule has 0 N–H and O–H groups in total. The molecule has 84 valence electrons. The molecular formula is C12H17ClO2. The topological polar surface area (TPSA) is 26.3 Å². The van der Waals surface area contributed by atoms with Gasteiger partial charge in [0.05, 0.1) is 7.11 Å². The van der Waals surface area contributed by atoms with E-state index in [2.05, 4.69) is 31.6 Å². The van der Waals surface area contributed by atoms with Crippen LogP contribution >= 0.6 is 11.6 Å². The molecule has 15 heavy (non-hydrogen) atoms. The number of benzene rings is 1. The quantitative estimate of drug-likeness (QED) is 0.689. The number of carbonyl (C=O) groups is 1. The summed E-state index contributed by atoms with van der Waals surface area (Å²) in [7, 11) is 1.31. The lowest BCUT2D eigenvalue weighted by atomic mass is 9.87. The molecule has 0 atom stereocenters. The maximum absolute atomic E-state index is 8.95. The van der Waals surface area contributed by atoms with Gasteiger partial charge in [-0.05, 0) is 23.1 Å². The molecule has 1 rings (SSSR count). The van der Waals surface area contributed by atoms with Gasteiger partial charge in [0.1, 0.15) is 0 Å². The minimum atomic E-state index is 0.199. The molecule has 0 saturated carbocycles. The zero-order chi connectivity index (χ0) is 11.9. The monoisotopic (exact) mass is 228 g/mol. The highest BCUT2D eigenvalue weighted by Gasteiger charge is 2.12. The van der Waals surface area contributed by atoms with Crippen LogP contribution in [-0.4, -0.2) is 13.6 Å². The normalized spacial score (nSPS) is 9.93. The van der Waals surface area contributed by atoms with Gasteiger partial charge < -0.3 is 4.74 Å². The molecule has 0 spiro atoms. The van der Waals surface area contributed by atoms with Gasteiger partial charge in [0.2, 0.25) is 0 Å². The highest BCUT2D eigenvalue weighted by molar-refractivity contribution is 6.30. The third-order valence-corrected chi connectivity index (χ3v) is 2.02. The molecular weight excluding hydrogens is 212 g/mol. The van der Waals surface area contributed by atoms with Crippen LogP contribution in [0.25, 0.3) is 0 Å². The van der Waals surface area contributed by atoms with Crippen LogP contribution in [0, 0.1) is 0 Å². The van der Waals surface area contributed by atoms with Crippen molar-refractivity contribution in [1.82, 2.24) is 0 Å². The molecule has 0 unspecified atom stereocenters. The van der Waals surface area contributed by atoms with E-state index < -0.39 is 0 Å². The van der Waals surface area contributed by atoms with Crippen LogP contribution in [0.4, 0.5) is 0 Å². The zero-order valence-electron chi connectivity index (χ0n) is 9.58. The highest BCUT2D eigenvalue weighted by Crippen LogP contribution is 2.24. The molecule has 0 fully saturated rings. The lowest BCUT2D eigenvalue weighted by molar-refractivity contribution is -0.126. The van der Waals surface area contributed by atoms with E-state index in [1.807, 2.05) is 18.2 Å². The molecule has 0 aromatic heterocycles. The van der Waals surface area contributed by atoms with Gasteiger partial charge in [0.15, 0.2) is 0 Å². The van der Waals surface area contributed by atoms with Gasteiger partial charge in [-0.2, -0.15) is 0 Å². The maximum Gasteiger partial charge on any atom is 0.292 e. The smallest absolute Gasteiger partial charge is 0.292 e. The maximum atomic E-state index is 8.95. The average molecular weight is 229 g/mol. The van der Waals surface area contributed by atoms with Crippen molar-refractivity contribution < 1.29 is 9.53 Å². The summed E-state index contributed by atoms with van der Waals surface area (Å²) in [6, 6.07) is 8.01. The second-order valence-electron chi connectivity index (χ2n) is 4.09. The third kappa shape index (κ3) is 6.13. The first-order chi connectivity index (χ1) is 6.91. The first kappa shape index (κ1) is 14.0. The van der Waals surface area contributed by atoms with Gasteiger partial charge >= 0.3 is 0 Å². The molecule has 0 saturated heterocycles. The van der Waals surface area contributed by atoms with Crippen molar-refractivity contribution in [3.8, 4) is 0 Å². The molecule has 1 aromatic carbocycles. The molecule has 0 bridgehead atoms. The molecule has 0 aliphatic rings. The number of ether oxygens (including phenoxy) is 1. The van der Waals surface area contributed by atoms with Crippen LogP contribution in [0.15, 0.2) is 24.3 Å². The van der Waals surface area contributed by atoms with Crippen LogP contribution in [0.2, 0.25) is 5.02 Å². The van der Waals surface area contributed by atoms with E-state index in [1.54, 1.807) is 0 Å². The minimum absolute atomic E-state index is 0.199. The summed E-state index contributed by atoms with van der Waals surface area (Å²) in [5.41, 5.74) is 1.48. The largest absolute Gasteiger partial charge is 0.471 e. The summed E-state index contributed by atoms with van der Waals surface area (Å²) in [5, 5.41) is 0.817. The van der Waals surface area contributed by atoms with Gasteiger partial charge in [0.25, 0.3) is 6.47 Å². The Morgan fingerprint density at radius 3 is 2.13 bits per heavy atom. The van der Waals surface area contributed by atoms with Crippen LogP contribution in [0.5, 0.6) is 0 Å². The Bertz CT molecular complexity index is 303. The Labute approximate surface area is 96.2 Å². The summed E-state index contributed by atoms with van der Waals surface area (Å²) in [4.78, 5) is 8.95. The molecule has 3 heteroatoms. The number of methoxy groups -OCH3 is 1. The summed E-state index contributed by atoms with van der Waals surface area (Å²) < 4.78 is 3.86. The number of hydrogen-bond donors (Lipinski definition) is 0. The van der Waals surface area contributed by atoms with Crippen molar-refractivity contribution in [2.45, 2.75) is 26.2 Å². The third-order valence-electron chi connectivity index (χ3n) is 1.79. The average Bonchev–Trinajstić information content (AvgIpc) is 2.17. The molecule has 0 heterocycles. The van der Waals surface area contributed by atoms with Crippen LogP contribution in [0.1, 0.15) is 26.3 Å². The SMILES string of the molecule is CC(C)(C)c1cccc(Cl)c1.COC=O. The van der Waals surface area contributed by atoms with E-state index in [9.17, 15) is 0 Å². The van der Waals surface area contributed by atoms with Crippen molar-refractivity contribution in [3.05, 3.63) is 34.9 Å². The van der Waals surface area contributed by atoms with Gasteiger partial charge in [-0.15, -0.1) is 0 Å². The van der Waals surface area contributed by atoms with Crippen molar-refractivity contribution in [2.24, 2.45) is 0 Å². The molecule has 2 nitrogen and oxygen atoms in total. The number of hydrogen-bond acceptors (Lipinski definition) is 2. The summed E-state index contributed by atoms with van der Waals surface area (Å²) in [6.45, 7) is 6.91. The van der Waals surface area contributed by atoms with E-state index in [0.717, 1.165) is 5.02 Å². The van der Waals surface area contributed by atoms with Crippen molar-refractivity contribution >= 4 is 18.1 Å². The van der Waals surface area contributed by atoms with Gasteiger partial charge in [-0.25, -0.2) is 0 Å². The molecule has 0 amide bonds. The molecule has 1 aromatic rings. The fourth-order valence-electron chi connectivity index (χ4n) is 0.955. The predicted octanol–water partition coefficient (Wildman–Crippen LogP) is 3.43. The summed E-state index contributed by atoms with van der Waals surface area (Å²) >= 11 is 5.85. The summed E-state index contributed by atoms with van der Waals surface area (Å²) in [5.74, 6) is 0. The fraction of sp³-hybridized carbons (Fsp3) is 0.417. The minimum Gasteiger partial charge on any atom is -0.471 e. The first-order valence-corrected chi connectivity index (χ1v) is 5.02. The number of rotatable bonds is 1. The Morgan fingerprint density at radius 2 is 1.87 bits per heavy atom. The molecule has 0 aliphatic heterocycles. The second kappa shape index (κ2) is 6.46.